The molecule has 0 saturated heterocycles. The largest absolute Gasteiger partial charge is 0.454 e. The molecule has 2 amide bonds. The van der Waals surface area contributed by atoms with Crippen LogP contribution in [0.25, 0.3) is 10.9 Å². The van der Waals surface area contributed by atoms with Gasteiger partial charge in [-0.1, -0.05) is 54.6 Å². The van der Waals surface area contributed by atoms with Gasteiger partial charge in [0, 0.05) is 23.5 Å². The lowest BCUT2D eigenvalue weighted by molar-refractivity contribution is -0.123. The highest BCUT2D eigenvalue weighted by Crippen LogP contribution is 2.34. The van der Waals surface area contributed by atoms with Gasteiger partial charge in [0.05, 0.1) is 6.04 Å². The summed E-state index contributed by atoms with van der Waals surface area (Å²) < 4.78 is 16.2. The SMILES string of the molecule is C[C@H](NC(=O)[C@H](Cc1c[nH]c2ccccc12)NC(=O)OCc1ccccc1)c1ccc2c(c1)OCO2. The van der Waals surface area contributed by atoms with E-state index in [2.05, 4.69) is 15.6 Å². The molecule has 0 spiro atoms. The number of aromatic amines is 1. The van der Waals surface area contributed by atoms with Crippen molar-refractivity contribution in [2.24, 2.45) is 0 Å². The van der Waals surface area contributed by atoms with Crippen LogP contribution < -0.4 is 20.1 Å². The Hall–Kier alpha value is -4.46. The molecule has 2 heterocycles. The number of hydrogen-bond acceptors (Lipinski definition) is 5. The van der Waals surface area contributed by atoms with Crippen LogP contribution in [0.5, 0.6) is 11.5 Å². The minimum absolute atomic E-state index is 0.113. The van der Waals surface area contributed by atoms with E-state index in [0.29, 0.717) is 17.9 Å². The Balaban J connectivity index is 1.30. The number of hydrogen-bond donors (Lipinski definition) is 3. The number of ether oxygens (including phenoxy) is 3. The predicted molar refractivity (Wildman–Crippen MR) is 135 cm³/mol. The molecule has 184 valence electrons. The number of aromatic nitrogens is 1. The molecule has 8 nitrogen and oxygen atoms in total. The van der Waals surface area contributed by atoms with Crippen molar-refractivity contribution in [1.82, 2.24) is 15.6 Å². The number of rotatable bonds is 8. The molecule has 1 aromatic heterocycles. The lowest BCUT2D eigenvalue weighted by Gasteiger charge is -2.21. The van der Waals surface area contributed by atoms with Crippen LogP contribution in [0.3, 0.4) is 0 Å². The number of alkyl carbamates (subject to hydrolysis) is 1. The van der Waals surface area contributed by atoms with Gasteiger partial charge in [-0.15, -0.1) is 0 Å². The molecular weight excluding hydrogens is 458 g/mol. The lowest BCUT2D eigenvalue weighted by atomic mass is 10.0. The van der Waals surface area contributed by atoms with E-state index in [4.69, 9.17) is 14.2 Å². The molecule has 2 atom stereocenters. The summed E-state index contributed by atoms with van der Waals surface area (Å²) in [4.78, 5) is 29.3. The van der Waals surface area contributed by atoms with Crippen molar-refractivity contribution in [1.29, 1.82) is 0 Å². The maximum atomic E-state index is 13.4. The van der Waals surface area contributed by atoms with E-state index in [9.17, 15) is 9.59 Å². The molecule has 5 rings (SSSR count). The number of fused-ring (bicyclic) bond motifs is 2. The third kappa shape index (κ3) is 5.27. The second-order valence-corrected chi connectivity index (χ2v) is 8.67. The Morgan fingerprint density at radius 3 is 2.61 bits per heavy atom. The molecule has 0 unspecified atom stereocenters. The Bertz CT molecular complexity index is 1370. The topological polar surface area (TPSA) is 102 Å². The molecule has 1 aliphatic heterocycles. The quantitative estimate of drug-likeness (QED) is 0.338. The maximum absolute atomic E-state index is 13.4. The van der Waals surface area contributed by atoms with Crippen molar-refractivity contribution in [2.45, 2.75) is 32.0 Å². The van der Waals surface area contributed by atoms with E-state index in [-0.39, 0.29) is 25.3 Å². The Morgan fingerprint density at radius 2 is 1.75 bits per heavy atom. The van der Waals surface area contributed by atoms with Crippen LogP contribution in [0.2, 0.25) is 0 Å². The smallest absolute Gasteiger partial charge is 0.408 e. The van der Waals surface area contributed by atoms with Gasteiger partial charge in [0.2, 0.25) is 12.7 Å². The van der Waals surface area contributed by atoms with Gasteiger partial charge in [-0.05, 0) is 41.8 Å². The van der Waals surface area contributed by atoms with Crippen molar-refractivity contribution in [3.05, 3.63) is 95.7 Å². The first-order valence-corrected chi connectivity index (χ1v) is 11.8. The minimum Gasteiger partial charge on any atom is -0.454 e. The van der Waals surface area contributed by atoms with Gasteiger partial charge in [-0.3, -0.25) is 4.79 Å². The summed E-state index contributed by atoms with van der Waals surface area (Å²) in [5.74, 6) is 1.01. The van der Waals surface area contributed by atoms with Gasteiger partial charge in [0.25, 0.3) is 0 Å². The number of nitrogens with one attached hydrogen (secondary N) is 3. The summed E-state index contributed by atoms with van der Waals surface area (Å²) in [5.41, 5.74) is 3.61. The van der Waals surface area contributed by atoms with Crippen molar-refractivity contribution in [3.8, 4) is 11.5 Å². The minimum atomic E-state index is -0.844. The fraction of sp³-hybridized carbons (Fsp3) is 0.214. The summed E-state index contributed by atoms with van der Waals surface area (Å²) in [6.07, 6.45) is 1.50. The molecule has 0 aliphatic carbocycles. The van der Waals surface area contributed by atoms with Gasteiger partial charge in [-0.25, -0.2) is 4.79 Å². The van der Waals surface area contributed by atoms with Gasteiger partial charge in [0.1, 0.15) is 12.6 Å². The molecular formula is C28H27N3O5. The average molecular weight is 486 g/mol. The van der Waals surface area contributed by atoms with Crippen LogP contribution >= 0.6 is 0 Å². The number of carbonyl (C=O) groups is 2. The third-order valence-electron chi connectivity index (χ3n) is 6.18. The van der Waals surface area contributed by atoms with Crippen LogP contribution in [0, 0.1) is 0 Å². The van der Waals surface area contributed by atoms with Crippen LogP contribution in [0.15, 0.2) is 79.0 Å². The fourth-order valence-electron chi connectivity index (χ4n) is 4.22. The van der Waals surface area contributed by atoms with Crippen molar-refractivity contribution < 1.29 is 23.8 Å². The van der Waals surface area contributed by atoms with E-state index in [1.807, 2.05) is 85.9 Å². The molecule has 3 aromatic carbocycles. The zero-order valence-corrected chi connectivity index (χ0v) is 19.8. The van der Waals surface area contributed by atoms with Crippen molar-refractivity contribution >= 4 is 22.9 Å². The van der Waals surface area contributed by atoms with Crippen molar-refractivity contribution in [2.75, 3.05) is 6.79 Å². The van der Waals surface area contributed by atoms with E-state index < -0.39 is 12.1 Å². The van der Waals surface area contributed by atoms with Gasteiger partial charge >= 0.3 is 6.09 Å². The summed E-state index contributed by atoms with van der Waals surface area (Å²) in [6.45, 7) is 2.18. The fourth-order valence-corrected chi connectivity index (χ4v) is 4.22. The molecule has 1 aliphatic rings. The Morgan fingerprint density at radius 1 is 0.972 bits per heavy atom. The molecule has 4 aromatic rings. The predicted octanol–water partition coefficient (Wildman–Crippen LogP) is 4.61. The summed E-state index contributed by atoms with van der Waals surface area (Å²) in [6, 6.07) is 21.6. The van der Waals surface area contributed by atoms with Crippen LogP contribution in [0.4, 0.5) is 4.79 Å². The zero-order chi connectivity index (χ0) is 24.9. The second-order valence-electron chi connectivity index (χ2n) is 8.67. The first kappa shape index (κ1) is 23.3. The highest BCUT2D eigenvalue weighted by molar-refractivity contribution is 5.88. The van der Waals surface area contributed by atoms with Gasteiger partial charge in [0.15, 0.2) is 11.5 Å². The van der Waals surface area contributed by atoms with E-state index in [0.717, 1.165) is 27.6 Å². The second kappa shape index (κ2) is 10.4. The number of amides is 2. The lowest BCUT2D eigenvalue weighted by Crippen LogP contribution is -2.48. The first-order valence-electron chi connectivity index (χ1n) is 11.8. The average Bonchev–Trinajstić information content (AvgIpc) is 3.54. The molecule has 0 bridgehead atoms. The highest BCUT2D eigenvalue weighted by atomic mass is 16.7. The molecule has 36 heavy (non-hydrogen) atoms. The highest BCUT2D eigenvalue weighted by Gasteiger charge is 2.25. The Kier molecular flexibility index (Phi) is 6.75. The summed E-state index contributed by atoms with van der Waals surface area (Å²) in [7, 11) is 0. The third-order valence-corrected chi connectivity index (χ3v) is 6.18. The van der Waals surface area contributed by atoms with E-state index >= 15 is 0 Å². The van der Waals surface area contributed by atoms with Gasteiger partial charge < -0.3 is 29.8 Å². The monoisotopic (exact) mass is 485 g/mol. The standard InChI is InChI=1S/C28H27N3O5/c1-18(20-11-12-25-26(14-20)36-17-35-25)30-27(32)24(13-21-15-29-23-10-6-5-9-22(21)23)31-28(33)34-16-19-7-3-2-4-8-19/h2-12,14-15,18,24,29H,13,16-17H2,1H3,(H,30,32)(H,31,33)/t18-,24-/m0/s1. The maximum Gasteiger partial charge on any atom is 0.408 e. The van der Waals surface area contributed by atoms with Crippen LogP contribution in [0.1, 0.15) is 29.7 Å². The molecule has 0 fully saturated rings. The van der Waals surface area contributed by atoms with Gasteiger partial charge in [-0.2, -0.15) is 0 Å². The number of carbonyl (C=O) groups excluding carboxylic acids is 2. The van der Waals surface area contributed by atoms with E-state index in [1.165, 1.54) is 0 Å². The summed E-state index contributed by atoms with van der Waals surface area (Å²) in [5, 5.41) is 6.77. The number of H-pyrrole nitrogens is 1. The number of para-hydroxylation sites is 1. The van der Waals surface area contributed by atoms with E-state index in [1.54, 1.807) is 0 Å². The molecule has 8 heteroatoms. The van der Waals surface area contributed by atoms with Crippen molar-refractivity contribution in [3.63, 3.8) is 0 Å². The normalized spacial score (nSPS) is 13.7. The Labute approximate surface area is 208 Å². The molecule has 0 saturated carbocycles. The van der Waals surface area contributed by atoms with Crippen LogP contribution in [-0.2, 0) is 22.6 Å². The zero-order valence-electron chi connectivity index (χ0n) is 19.8. The first-order chi connectivity index (χ1) is 17.6. The molecule has 0 radical (unpaired) electrons. The molecule has 3 N–H and O–H groups in total. The summed E-state index contributed by atoms with van der Waals surface area (Å²) >= 11 is 0. The van der Waals surface area contributed by atoms with Crippen LogP contribution in [-0.4, -0.2) is 29.8 Å². The number of benzene rings is 3.